The largest absolute Gasteiger partial charge is 0.708 e. The van der Waals surface area contributed by atoms with Crippen molar-refractivity contribution in [1.82, 2.24) is 0 Å². The summed E-state index contributed by atoms with van der Waals surface area (Å²) in [7, 11) is -1.71. The van der Waals surface area contributed by atoms with E-state index >= 15 is 0 Å². The van der Waals surface area contributed by atoms with E-state index < -0.39 is 7.32 Å². The average Bonchev–Trinajstić information content (AvgIpc) is 2.34. The van der Waals surface area contributed by atoms with E-state index in [9.17, 15) is 0 Å². The Hall–Kier alpha value is -0.515. The van der Waals surface area contributed by atoms with Gasteiger partial charge in [-0.2, -0.15) is 0 Å². The normalized spacial score (nSPS) is 9.73. The molecule has 1 aromatic heterocycles. The van der Waals surface area contributed by atoms with Crippen molar-refractivity contribution in [2.45, 2.75) is 13.3 Å². The number of thiophene rings is 1. The van der Waals surface area contributed by atoms with E-state index in [0.29, 0.717) is 5.06 Å². The molecule has 5 heteroatoms. The highest BCUT2D eigenvalue weighted by Crippen LogP contribution is 2.24. The second-order valence-corrected chi connectivity index (χ2v) is 3.15. The lowest BCUT2D eigenvalue weighted by Crippen LogP contribution is -2.19. The Morgan fingerprint density at radius 1 is 1.55 bits per heavy atom. The second kappa shape index (κ2) is 3.76. The Bertz CT molecular complexity index is 223. The maximum absolute atomic E-state index is 8.43. The van der Waals surface area contributed by atoms with Crippen molar-refractivity contribution in [2.24, 2.45) is 0 Å². The number of rotatable bonds is 3. The molecule has 0 atom stereocenters. The van der Waals surface area contributed by atoms with E-state index in [1.807, 2.05) is 13.0 Å². The third-order valence-electron chi connectivity index (χ3n) is 1.21. The van der Waals surface area contributed by atoms with Crippen LogP contribution in [-0.4, -0.2) is 17.4 Å². The van der Waals surface area contributed by atoms with Crippen molar-refractivity contribution in [3.05, 3.63) is 17.0 Å². The molecular formula is C6H9BO3S. The zero-order valence-electron chi connectivity index (χ0n) is 6.15. The highest BCUT2D eigenvalue weighted by atomic mass is 32.1. The molecule has 11 heavy (non-hydrogen) atoms. The maximum Gasteiger partial charge on any atom is 0.708 e. The molecule has 0 aromatic carbocycles. The summed E-state index contributed by atoms with van der Waals surface area (Å²) in [5.74, 6) is 0. The minimum absolute atomic E-state index is 0.539. The van der Waals surface area contributed by atoms with Gasteiger partial charge in [-0.25, -0.2) is 0 Å². The van der Waals surface area contributed by atoms with Crippen LogP contribution in [0.4, 0.5) is 0 Å². The van der Waals surface area contributed by atoms with Crippen LogP contribution in [-0.2, 0) is 6.42 Å². The van der Waals surface area contributed by atoms with Crippen molar-refractivity contribution in [3.8, 4) is 5.06 Å². The molecule has 0 saturated heterocycles. The van der Waals surface area contributed by atoms with E-state index in [4.69, 9.17) is 10.0 Å². The van der Waals surface area contributed by atoms with Gasteiger partial charge in [0.15, 0.2) is 5.06 Å². The summed E-state index contributed by atoms with van der Waals surface area (Å²) in [6, 6.07) is 3.63. The quantitative estimate of drug-likeness (QED) is 0.658. The maximum atomic E-state index is 8.43. The minimum atomic E-state index is -1.71. The van der Waals surface area contributed by atoms with E-state index in [1.165, 1.54) is 16.2 Å². The van der Waals surface area contributed by atoms with Crippen LogP contribution < -0.4 is 4.65 Å². The molecule has 0 radical (unpaired) electrons. The summed E-state index contributed by atoms with van der Waals surface area (Å²) in [6.07, 6.45) is 0.940. The third-order valence-corrected chi connectivity index (χ3v) is 2.33. The third kappa shape index (κ3) is 2.53. The molecule has 0 spiro atoms. The van der Waals surface area contributed by atoms with Gasteiger partial charge in [-0.3, -0.25) is 0 Å². The standard InChI is InChI=1S/C6H9BO3S/c1-2-5-3-4-6(11-5)10-7(8)9/h3-4,8-9H,2H2,1H3. The summed E-state index contributed by atoms with van der Waals surface area (Å²) < 4.78 is 4.63. The van der Waals surface area contributed by atoms with Crippen LogP contribution >= 0.6 is 11.3 Å². The summed E-state index contributed by atoms with van der Waals surface area (Å²) in [6.45, 7) is 2.03. The summed E-state index contributed by atoms with van der Waals surface area (Å²) in [5.41, 5.74) is 0. The van der Waals surface area contributed by atoms with Crippen LogP contribution in [0.2, 0.25) is 0 Å². The number of aryl methyl sites for hydroxylation is 1. The molecule has 0 fully saturated rings. The van der Waals surface area contributed by atoms with Crippen LogP contribution in [0, 0.1) is 0 Å². The first-order valence-corrected chi connectivity index (χ1v) is 4.15. The lowest BCUT2D eigenvalue weighted by molar-refractivity contribution is 0.292. The summed E-state index contributed by atoms with van der Waals surface area (Å²) in [4.78, 5) is 1.17. The van der Waals surface area contributed by atoms with Crippen LogP contribution in [0.5, 0.6) is 5.06 Å². The van der Waals surface area contributed by atoms with Crippen molar-refractivity contribution in [3.63, 3.8) is 0 Å². The first kappa shape index (κ1) is 8.58. The molecule has 60 valence electrons. The molecule has 0 amide bonds. The van der Waals surface area contributed by atoms with E-state index in [-0.39, 0.29) is 0 Å². The predicted molar refractivity (Wildman–Crippen MR) is 44.5 cm³/mol. The van der Waals surface area contributed by atoms with Crippen LogP contribution in [0.15, 0.2) is 12.1 Å². The highest BCUT2D eigenvalue weighted by molar-refractivity contribution is 7.14. The lowest BCUT2D eigenvalue weighted by Gasteiger charge is -1.97. The first-order chi connectivity index (χ1) is 5.22. The first-order valence-electron chi connectivity index (χ1n) is 3.34. The van der Waals surface area contributed by atoms with Gasteiger partial charge >= 0.3 is 7.32 Å². The van der Waals surface area contributed by atoms with E-state index in [0.717, 1.165) is 6.42 Å². The highest BCUT2D eigenvalue weighted by Gasteiger charge is 2.11. The number of hydrogen-bond acceptors (Lipinski definition) is 4. The Morgan fingerprint density at radius 3 is 2.73 bits per heavy atom. The minimum Gasteiger partial charge on any atom is -0.504 e. The predicted octanol–water partition coefficient (Wildman–Crippen LogP) is 0.659. The van der Waals surface area contributed by atoms with Crippen molar-refractivity contribution < 1.29 is 14.7 Å². The van der Waals surface area contributed by atoms with E-state index in [2.05, 4.69) is 4.65 Å². The molecule has 0 aliphatic heterocycles. The Kier molecular flexibility index (Phi) is 2.93. The van der Waals surface area contributed by atoms with Gasteiger partial charge in [0.2, 0.25) is 0 Å². The molecule has 0 bridgehead atoms. The smallest absolute Gasteiger partial charge is 0.504 e. The van der Waals surface area contributed by atoms with Crippen molar-refractivity contribution >= 4 is 18.7 Å². The monoisotopic (exact) mass is 172 g/mol. The molecule has 3 nitrogen and oxygen atoms in total. The van der Waals surface area contributed by atoms with Gasteiger partial charge in [0.1, 0.15) is 0 Å². The van der Waals surface area contributed by atoms with Gasteiger partial charge in [0.05, 0.1) is 0 Å². The molecule has 1 heterocycles. The zero-order chi connectivity index (χ0) is 8.27. The molecule has 0 aliphatic rings. The lowest BCUT2D eigenvalue weighted by atomic mass is 10.3. The van der Waals surface area contributed by atoms with Gasteiger partial charge in [0.25, 0.3) is 0 Å². The topological polar surface area (TPSA) is 49.7 Å². The molecule has 2 N–H and O–H groups in total. The Balaban J connectivity index is 2.58. The summed E-state index contributed by atoms with van der Waals surface area (Å²) >= 11 is 1.42. The number of hydrogen-bond donors (Lipinski definition) is 2. The Morgan fingerprint density at radius 2 is 2.27 bits per heavy atom. The Labute approximate surface area is 69.4 Å². The van der Waals surface area contributed by atoms with Crippen molar-refractivity contribution in [2.75, 3.05) is 0 Å². The fourth-order valence-electron chi connectivity index (χ4n) is 0.715. The zero-order valence-corrected chi connectivity index (χ0v) is 6.97. The van der Waals surface area contributed by atoms with Crippen LogP contribution in [0.1, 0.15) is 11.8 Å². The SMILES string of the molecule is CCc1ccc(OB(O)O)s1. The second-order valence-electron chi connectivity index (χ2n) is 2.02. The van der Waals surface area contributed by atoms with Gasteiger partial charge in [-0.1, -0.05) is 6.92 Å². The molecule has 1 aromatic rings. The molecule has 0 aliphatic carbocycles. The van der Waals surface area contributed by atoms with Crippen LogP contribution in [0.3, 0.4) is 0 Å². The van der Waals surface area contributed by atoms with E-state index in [1.54, 1.807) is 6.07 Å². The van der Waals surface area contributed by atoms with Crippen molar-refractivity contribution in [1.29, 1.82) is 0 Å². The van der Waals surface area contributed by atoms with Crippen LogP contribution in [0.25, 0.3) is 0 Å². The average molecular weight is 172 g/mol. The van der Waals surface area contributed by atoms with Gasteiger partial charge in [0, 0.05) is 4.88 Å². The van der Waals surface area contributed by atoms with Gasteiger partial charge in [-0.15, -0.1) is 11.3 Å². The molecule has 0 unspecified atom stereocenters. The van der Waals surface area contributed by atoms with Gasteiger partial charge in [-0.05, 0) is 18.6 Å². The fourth-order valence-corrected chi connectivity index (χ4v) is 1.52. The molecule has 1 rings (SSSR count). The summed E-state index contributed by atoms with van der Waals surface area (Å²) in [5, 5.41) is 17.4. The fraction of sp³-hybridized carbons (Fsp3) is 0.333. The molecule has 0 saturated carbocycles. The van der Waals surface area contributed by atoms with Gasteiger partial charge < -0.3 is 14.7 Å². The molecular weight excluding hydrogens is 163 g/mol.